The maximum atomic E-state index is 13.0. The van der Waals surface area contributed by atoms with E-state index in [2.05, 4.69) is 10.2 Å². The second kappa shape index (κ2) is 16.1. The minimum atomic E-state index is -3.97. The molecule has 0 aliphatic carbocycles. The highest BCUT2D eigenvalue weighted by atomic mass is 32.2. The maximum Gasteiger partial charge on any atom is 0.410 e. The Kier molecular flexibility index (Phi) is 13.0. The Hall–Kier alpha value is -2.94. The number of nitrogens with two attached hydrogens (primary N) is 1. The summed E-state index contributed by atoms with van der Waals surface area (Å²) in [6, 6.07) is 6.20. The lowest BCUT2D eigenvalue weighted by Crippen LogP contribution is -2.57. The van der Waals surface area contributed by atoms with Crippen LogP contribution in [0.15, 0.2) is 24.3 Å². The van der Waals surface area contributed by atoms with Crippen molar-refractivity contribution in [1.82, 2.24) is 15.1 Å². The van der Waals surface area contributed by atoms with Crippen LogP contribution in [0, 0.1) is 0 Å². The van der Waals surface area contributed by atoms with E-state index >= 15 is 0 Å². The number of nitrogens with zero attached hydrogens (tertiary/aromatic N) is 2. The van der Waals surface area contributed by atoms with E-state index in [4.69, 9.17) is 24.7 Å². The Morgan fingerprint density at radius 2 is 1.80 bits per heavy atom. The first-order chi connectivity index (χ1) is 21.2. The van der Waals surface area contributed by atoms with Gasteiger partial charge in [0.25, 0.3) is 0 Å². The normalized spacial score (nSPS) is 19.8. The number of unbranched alkanes of at least 4 members (excludes halogenated alkanes) is 1. The summed E-state index contributed by atoms with van der Waals surface area (Å²) < 4.78 is 47.6. The number of ether oxygens (including phenoxy) is 4. The number of carbonyl (C=O) groups is 3. The van der Waals surface area contributed by atoms with Crippen molar-refractivity contribution in [1.29, 1.82) is 0 Å². The summed E-state index contributed by atoms with van der Waals surface area (Å²) in [5.41, 5.74) is 6.11. The van der Waals surface area contributed by atoms with Crippen LogP contribution in [0.3, 0.4) is 0 Å². The molecule has 3 atom stereocenters. The minimum absolute atomic E-state index is 0.122. The molecule has 14 heteroatoms. The van der Waals surface area contributed by atoms with Crippen LogP contribution in [-0.4, -0.2) is 118 Å². The van der Waals surface area contributed by atoms with E-state index < -0.39 is 38.5 Å². The molecule has 1 amide bonds. The van der Waals surface area contributed by atoms with Gasteiger partial charge in [-0.15, -0.1) is 0 Å². The molecule has 1 aromatic carbocycles. The van der Waals surface area contributed by atoms with Crippen LogP contribution in [0.5, 0.6) is 5.75 Å². The molecule has 0 bridgehead atoms. The molecule has 2 aliphatic rings. The molecule has 2 saturated heterocycles. The second-order valence-corrected chi connectivity index (χ2v) is 15.0. The summed E-state index contributed by atoms with van der Waals surface area (Å²) in [7, 11) is -2.86. The van der Waals surface area contributed by atoms with Crippen molar-refractivity contribution in [2.75, 3.05) is 58.7 Å². The number of sulfone groups is 1. The van der Waals surface area contributed by atoms with Gasteiger partial charge in [-0.3, -0.25) is 9.69 Å². The molecule has 0 aromatic heterocycles. The molecule has 0 saturated carbocycles. The van der Waals surface area contributed by atoms with Gasteiger partial charge < -0.3 is 34.9 Å². The van der Waals surface area contributed by atoms with Crippen LogP contribution in [0.2, 0.25) is 0 Å². The predicted molar refractivity (Wildman–Crippen MR) is 168 cm³/mol. The highest BCUT2D eigenvalue weighted by molar-refractivity contribution is 7.93. The van der Waals surface area contributed by atoms with E-state index in [1.165, 1.54) is 0 Å². The molecule has 2 fully saturated rings. The van der Waals surface area contributed by atoms with E-state index in [1.807, 2.05) is 27.7 Å². The van der Waals surface area contributed by atoms with Crippen LogP contribution < -0.4 is 15.8 Å². The number of carbonyl (C=O) groups excluding carboxylic acids is 3. The van der Waals surface area contributed by atoms with Crippen LogP contribution in [0.25, 0.3) is 0 Å². The van der Waals surface area contributed by atoms with Crippen LogP contribution in [-0.2, 0) is 40.1 Å². The maximum absolute atomic E-state index is 13.0. The number of benzene rings is 1. The van der Waals surface area contributed by atoms with E-state index in [0.29, 0.717) is 50.1 Å². The number of amides is 1. The molecular formula is C31H50N4O9S. The molecule has 3 unspecified atom stereocenters. The van der Waals surface area contributed by atoms with Crippen molar-refractivity contribution in [3.05, 3.63) is 29.8 Å². The van der Waals surface area contributed by atoms with Crippen molar-refractivity contribution < 1.29 is 41.7 Å². The minimum Gasteiger partial charge on any atom is -0.490 e. The van der Waals surface area contributed by atoms with Crippen molar-refractivity contribution >= 4 is 27.9 Å². The topological polar surface area (TPSA) is 167 Å². The Morgan fingerprint density at radius 1 is 1.13 bits per heavy atom. The molecule has 13 nitrogen and oxygen atoms in total. The molecular weight excluding hydrogens is 604 g/mol. The van der Waals surface area contributed by atoms with Gasteiger partial charge in [0.05, 0.1) is 19.4 Å². The molecule has 2 heterocycles. The first-order valence-electron chi connectivity index (χ1n) is 15.6. The lowest BCUT2D eigenvalue weighted by Gasteiger charge is -2.35. The Labute approximate surface area is 267 Å². The zero-order valence-corrected chi connectivity index (χ0v) is 28.0. The van der Waals surface area contributed by atoms with Crippen molar-refractivity contribution in [3.8, 4) is 5.75 Å². The Balaban J connectivity index is 1.51. The van der Waals surface area contributed by atoms with E-state index in [1.54, 1.807) is 29.2 Å². The van der Waals surface area contributed by atoms with Crippen LogP contribution in [0.1, 0.15) is 58.9 Å². The standard InChI is InChI=1S/C31H50N4O9S/c1-6-7-19-45(39,40)31(32,28(37)41-5)20-23-10-12-24(13-11-23)42-22-25-21-35(29(38)43-25)16-8-9-26(27(36)44-30(2,3)4)34-17-14-33-15-18-34/h10-13,25-26,33H,6-9,14-22,32H2,1-5H3. The number of nitrogens with one attached hydrogen (secondary N) is 1. The third-order valence-corrected chi connectivity index (χ3v) is 10.1. The molecule has 3 N–H and O–H groups in total. The number of rotatable bonds is 16. The van der Waals surface area contributed by atoms with Gasteiger partial charge >= 0.3 is 18.0 Å². The van der Waals surface area contributed by atoms with Gasteiger partial charge in [-0.25, -0.2) is 18.0 Å². The average molecular weight is 655 g/mol. The molecule has 254 valence electrons. The molecule has 1 aromatic rings. The Bertz CT molecular complexity index is 1250. The largest absolute Gasteiger partial charge is 0.490 e. The molecule has 0 radical (unpaired) electrons. The zero-order chi connectivity index (χ0) is 33.3. The summed E-state index contributed by atoms with van der Waals surface area (Å²) in [4.78, 5) is 39.5. The quantitative estimate of drug-likeness (QED) is 0.197. The SMILES string of the molecule is CCCCS(=O)(=O)C(N)(Cc1ccc(OCC2CN(CCCC(C(=O)OC(C)(C)C)N3CCNCC3)C(=O)O2)cc1)C(=O)OC. The van der Waals surface area contributed by atoms with Crippen molar-refractivity contribution in [3.63, 3.8) is 0 Å². The number of hydrogen-bond donors (Lipinski definition) is 2. The second-order valence-electron chi connectivity index (χ2n) is 12.6. The lowest BCUT2D eigenvalue weighted by atomic mass is 10.1. The number of methoxy groups -OCH3 is 1. The highest BCUT2D eigenvalue weighted by Crippen LogP contribution is 2.24. The highest BCUT2D eigenvalue weighted by Gasteiger charge is 2.48. The average Bonchev–Trinajstić information content (AvgIpc) is 3.35. The monoisotopic (exact) mass is 654 g/mol. The number of cyclic esters (lactones) is 1. The van der Waals surface area contributed by atoms with Crippen LogP contribution >= 0.6 is 0 Å². The summed E-state index contributed by atoms with van der Waals surface area (Å²) in [6.45, 7) is 11.5. The fourth-order valence-electron chi connectivity index (χ4n) is 5.33. The number of hydrogen-bond acceptors (Lipinski definition) is 12. The summed E-state index contributed by atoms with van der Waals surface area (Å²) in [6.07, 6.45) is 1.05. The van der Waals surface area contributed by atoms with Gasteiger partial charge in [0, 0.05) is 39.1 Å². The molecule has 2 aliphatic heterocycles. The molecule has 3 rings (SSSR count). The van der Waals surface area contributed by atoms with Gasteiger partial charge in [-0.05, 0) is 57.7 Å². The van der Waals surface area contributed by atoms with Crippen molar-refractivity contribution in [2.45, 2.75) is 82.4 Å². The fourth-order valence-corrected chi connectivity index (χ4v) is 7.08. The van der Waals surface area contributed by atoms with Crippen LogP contribution in [0.4, 0.5) is 4.79 Å². The first-order valence-corrected chi connectivity index (χ1v) is 17.3. The van der Waals surface area contributed by atoms with Crippen molar-refractivity contribution in [2.24, 2.45) is 5.73 Å². The molecule has 0 spiro atoms. The van der Waals surface area contributed by atoms with E-state index in [0.717, 1.165) is 33.3 Å². The lowest BCUT2D eigenvalue weighted by molar-refractivity contribution is -0.162. The fraction of sp³-hybridized carbons (Fsp3) is 0.710. The van der Waals surface area contributed by atoms with Gasteiger partial charge in [0.1, 0.15) is 24.0 Å². The third kappa shape index (κ3) is 10.3. The van der Waals surface area contributed by atoms with Gasteiger partial charge in [0.2, 0.25) is 4.87 Å². The number of piperazine rings is 1. The Morgan fingerprint density at radius 3 is 2.40 bits per heavy atom. The van der Waals surface area contributed by atoms with E-state index in [9.17, 15) is 22.8 Å². The van der Waals surface area contributed by atoms with Gasteiger partial charge in [-0.1, -0.05) is 25.5 Å². The summed E-state index contributed by atoms with van der Waals surface area (Å²) >= 11 is 0. The molecule has 45 heavy (non-hydrogen) atoms. The first kappa shape index (κ1) is 36.5. The van der Waals surface area contributed by atoms with Gasteiger partial charge in [0.15, 0.2) is 15.9 Å². The smallest absolute Gasteiger partial charge is 0.410 e. The van der Waals surface area contributed by atoms with Gasteiger partial charge in [-0.2, -0.15) is 0 Å². The predicted octanol–water partition coefficient (Wildman–Crippen LogP) is 1.87. The number of esters is 2. The summed E-state index contributed by atoms with van der Waals surface area (Å²) in [5, 5.41) is 3.30. The summed E-state index contributed by atoms with van der Waals surface area (Å²) in [5.74, 6) is -0.977. The zero-order valence-electron chi connectivity index (χ0n) is 27.2. The van der Waals surface area contributed by atoms with E-state index in [-0.39, 0.29) is 30.8 Å². The third-order valence-electron chi connectivity index (χ3n) is 7.81.